The number of carbonyl (C=O) groups excluding carboxylic acids is 1. The maximum absolute atomic E-state index is 11.6. The number of rotatable bonds is 5. The van der Waals surface area contributed by atoms with E-state index in [0.717, 1.165) is 5.56 Å². The van der Waals surface area contributed by atoms with E-state index in [0.29, 0.717) is 41.7 Å². The standard InChI is InChI=1S/C17H18N6O2/c1-3-18-17(24)23-14-7-6-12-16(22-14)21-13(10-19-12)11-5-8-15(20-9-11)25-4-2/h5-10H,3-4H2,1-2H3,(H2,18,21,22,23,24). The highest BCUT2D eigenvalue weighted by Crippen LogP contribution is 2.20. The fourth-order valence-corrected chi connectivity index (χ4v) is 2.19. The lowest BCUT2D eigenvalue weighted by atomic mass is 10.2. The zero-order chi connectivity index (χ0) is 17.6. The number of nitrogens with zero attached hydrogens (tertiary/aromatic N) is 4. The molecule has 3 aromatic heterocycles. The van der Waals surface area contributed by atoms with Gasteiger partial charge in [-0.15, -0.1) is 0 Å². The van der Waals surface area contributed by atoms with Crippen LogP contribution in [-0.2, 0) is 0 Å². The molecule has 2 N–H and O–H groups in total. The van der Waals surface area contributed by atoms with E-state index in [4.69, 9.17) is 4.74 Å². The predicted molar refractivity (Wildman–Crippen MR) is 94.4 cm³/mol. The third-order valence-corrected chi connectivity index (χ3v) is 3.31. The molecule has 0 aromatic carbocycles. The molecule has 0 aliphatic carbocycles. The molecule has 0 bridgehead atoms. The molecule has 3 heterocycles. The van der Waals surface area contributed by atoms with E-state index < -0.39 is 0 Å². The highest BCUT2D eigenvalue weighted by Gasteiger charge is 2.07. The van der Waals surface area contributed by atoms with E-state index in [1.165, 1.54) is 0 Å². The normalized spacial score (nSPS) is 10.5. The molecule has 0 atom stereocenters. The van der Waals surface area contributed by atoms with Crippen LogP contribution in [0, 0.1) is 0 Å². The minimum absolute atomic E-state index is 0.311. The van der Waals surface area contributed by atoms with Crippen LogP contribution in [0.2, 0.25) is 0 Å². The van der Waals surface area contributed by atoms with Gasteiger partial charge >= 0.3 is 6.03 Å². The summed E-state index contributed by atoms with van der Waals surface area (Å²) >= 11 is 0. The summed E-state index contributed by atoms with van der Waals surface area (Å²) in [7, 11) is 0. The number of fused-ring (bicyclic) bond motifs is 1. The molecule has 0 unspecified atom stereocenters. The van der Waals surface area contributed by atoms with E-state index in [1.54, 1.807) is 30.6 Å². The summed E-state index contributed by atoms with van der Waals surface area (Å²) in [6, 6.07) is 6.78. The molecule has 3 aromatic rings. The van der Waals surface area contributed by atoms with Crippen LogP contribution in [-0.4, -0.2) is 39.1 Å². The number of hydrogen-bond acceptors (Lipinski definition) is 6. The predicted octanol–water partition coefficient (Wildman–Crippen LogP) is 2.63. The number of pyridine rings is 2. The molecule has 0 radical (unpaired) electrons. The summed E-state index contributed by atoms with van der Waals surface area (Å²) in [4.78, 5) is 29.0. The van der Waals surface area contributed by atoms with Crippen molar-refractivity contribution < 1.29 is 9.53 Å². The van der Waals surface area contributed by atoms with Crippen molar-refractivity contribution in [1.82, 2.24) is 25.3 Å². The molecule has 3 rings (SSSR count). The van der Waals surface area contributed by atoms with E-state index in [9.17, 15) is 4.79 Å². The average Bonchev–Trinajstić information content (AvgIpc) is 2.62. The number of anilines is 1. The zero-order valence-electron chi connectivity index (χ0n) is 14.0. The lowest BCUT2D eigenvalue weighted by Gasteiger charge is -2.07. The lowest BCUT2D eigenvalue weighted by molar-refractivity contribution is 0.252. The summed E-state index contributed by atoms with van der Waals surface area (Å²) in [5, 5.41) is 5.31. The number of amides is 2. The Hall–Kier alpha value is -3.29. The Balaban J connectivity index is 1.88. The molecular weight excluding hydrogens is 320 g/mol. The van der Waals surface area contributed by atoms with Crippen molar-refractivity contribution >= 4 is 23.0 Å². The van der Waals surface area contributed by atoms with Crippen LogP contribution in [0.3, 0.4) is 0 Å². The number of ether oxygens (including phenoxy) is 1. The van der Waals surface area contributed by atoms with Crippen molar-refractivity contribution in [2.24, 2.45) is 0 Å². The Labute approximate surface area is 144 Å². The van der Waals surface area contributed by atoms with Crippen LogP contribution in [0.15, 0.2) is 36.7 Å². The van der Waals surface area contributed by atoms with Crippen molar-refractivity contribution in [2.45, 2.75) is 13.8 Å². The van der Waals surface area contributed by atoms with Gasteiger partial charge in [0.05, 0.1) is 18.5 Å². The molecule has 0 aliphatic rings. The molecular formula is C17H18N6O2. The Morgan fingerprint density at radius 2 is 1.96 bits per heavy atom. The van der Waals surface area contributed by atoms with Gasteiger partial charge in [-0.25, -0.2) is 19.7 Å². The molecule has 25 heavy (non-hydrogen) atoms. The summed E-state index contributed by atoms with van der Waals surface area (Å²) < 4.78 is 5.33. The van der Waals surface area contributed by atoms with Crippen LogP contribution in [0.25, 0.3) is 22.4 Å². The Kier molecular flexibility index (Phi) is 4.98. The first-order chi connectivity index (χ1) is 12.2. The lowest BCUT2D eigenvalue weighted by Crippen LogP contribution is -2.28. The topological polar surface area (TPSA) is 102 Å². The van der Waals surface area contributed by atoms with Crippen LogP contribution < -0.4 is 15.4 Å². The Morgan fingerprint density at radius 3 is 2.68 bits per heavy atom. The number of nitrogens with one attached hydrogen (secondary N) is 2. The Morgan fingerprint density at radius 1 is 1.08 bits per heavy atom. The maximum atomic E-state index is 11.6. The van der Waals surface area contributed by atoms with Crippen molar-refractivity contribution in [3.05, 3.63) is 36.7 Å². The SMILES string of the molecule is CCNC(=O)Nc1ccc2ncc(-c3ccc(OCC)nc3)nc2n1. The maximum Gasteiger partial charge on any atom is 0.320 e. The summed E-state index contributed by atoms with van der Waals surface area (Å²) in [5.41, 5.74) is 2.54. The molecule has 2 amide bonds. The first-order valence-corrected chi connectivity index (χ1v) is 7.97. The first kappa shape index (κ1) is 16.6. The van der Waals surface area contributed by atoms with Crippen molar-refractivity contribution in [2.75, 3.05) is 18.5 Å². The third-order valence-electron chi connectivity index (χ3n) is 3.31. The number of hydrogen-bond donors (Lipinski definition) is 2. The molecule has 8 nitrogen and oxygen atoms in total. The Bertz CT molecular complexity index is 882. The van der Waals surface area contributed by atoms with Crippen LogP contribution in [0.4, 0.5) is 10.6 Å². The number of carbonyl (C=O) groups is 1. The molecule has 0 saturated carbocycles. The monoisotopic (exact) mass is 338 g/mol. The van der Waals surface area contributed by atoms with Crippen LogP contribution in [0.1, 0.15) is 13.8 Å². The van der Waals surface area contributed by atoms with Gasteiger partial charge in [-0.2, -0.15) is 0 Å². The smallest absolute Gasteiger partial charge is 0.320 e. The second-order valence-corrected chi connectivity index (χ2v) is 5.10. The molecule has 128 valence electrons. The van der Waals surface area contributed by atoms with E-state index in [1.807, 2.05) is 19.9 Å². The largest absolute Gasteiger partial charge is 0.478 e. The minimum Gasteiger partial charge on any atom is -0.478 e. The first-order valence-electron chi connectivity index (χ1n) is 7.97. The number of aromatic nitrogens is 4. The van der Waals surface area contributed by atoms with Crippen molar-refractivity contribution in [3.8, 4) is 17.1 Å². The highest BCUT2D eigenvalue weighted by atomic mass is 16.5. The van der Waals surface area contributed by atoms with Gasteiger partial charge < -0.3 is 10.1 Å². The van der Waals surface area contributed by atoms with Crippen molar-refractivity contribution in [1.29, 1.82) is 0 Å². The van der Waals surface area contributed by atoms with E-state index >= 15 is 0 Å². The van der Waals surface area contributed by atoms with E-state index in [-0.39, 0.29) is 6.03 Å². The average molecular weight is 338 g/mol. The molecule has 0 spiro atoms. The number of urea groups is 1. The van der Waals surface area contributed by atoms with Gasteiger partial charge in [0.25, 0.3) is 0 Å². The van der Waals surface area contributed by atoms with Gasteiger partial charge in [-0.05, 0) is 32.0 Å². The van der Waals surface area contributed by atoms with Crippen LogP contribution in [0.5, 0.6) is 5.88 Å². The summed E-state index contributed by atoms with van der Waals surface area (Å²) in [6.07, 6.45) is 3.34. The molecule has 0 fully saturated rings. The van der Waals surface area contributed by atoms with Crippen LogP contribution >= 0.6 is 0 Å². The second-order valence-electron chi connectivity index (χ2n) is 5.10. The van der Waals surface area contributed by atoms with Gasteiger partial charge in [-0.3, -0.25) is 10.3 Å². The highest BCUT2D eigenvalue weighted by molar-refractivity contribution is 5.89. The fourth-order valence-electron chi connectivity index (χ4n) is 2.19. The summed E-state index contributed by atoms with van der Waals surface area (Å²) in [6.45, 7) is 4.85. The minimum atomic E-state index is -0.311. The van der Waals surface area contributed by atoms with Gasteiger partial charge in [-0.1, -0.05) is 0 Å². The van der Waals surface area contributed by atoms with Gasteiger partial charge in [0.2, 0.25) is 5.88 Å². The van der Waals surface area contributed by atoms with Gasteiger partial charge in [0.15, 0.2) is 5.65 Å². The quantitative estimate of drug-likeness (QED) is 0.741. The second kappa shape index (κ2) is 7.52. The zero-order valence-corrected chi connectivity index (χ0v) is 14.0. The molecule has 0 aliphatic heterocycles. The van der Waals surface area contributed by atoms with Gasteiger partial charge in [0.1, 0.15) is 11.3 Å². The molecule has 8 heteroatoms. The van der Waals surface area contributed by atoms with Gasteiger partial charge in [0, 0.05) is 24.4 Å². The summed E-state index contributed by atoms with van der Waals surface area (Å²) in [5.74, 6) is 0.973. The van der Waals surface area contributed by atoms with E-state index in [2.05, 4.69) is 30.6 Å². The third kappa shape index (κ3) is 3.97. The fraction of sp³-hybridized carbons (Fsp3) is 0.235. The van der Waals surface area contributed by atoms with Crippen molar-refractivity contribution in [3.63, 3.8) is 0 Å². The molecule has 0 saturated heterocycles.